The van der Waals surface area contributed by atoms with Crippen LogP contribution in [0.25, 0.3) is 0 Å². The lowest BCUT2D eigenvalue weighted by molar-refractivity contribution is -0.125. The first-order valence-corrected chi connectivity index (χ1v) is 11.8. The maximum absolute atomic E-state index is 12.9. The number of carbonyl (C=O) groups excluding carboxylic acids is 1. The fraction of sp³-hybridized carbons (Fsp3) is 0.500. The van der Waals surface area contributed by atoms with Crippen LogP contribution >= 0.6 is 0 Å². The number of amides is 1. The Bertz CT molecular complexity index is 957. The van der Waals surface area contributed by atoms with E-state index in [0.717, 1.165) is 16.9 Å². The molecule has 0 unspecified atom stereocenters. The van der Waals surface area contributed by atoms with Crippen molar-refractivity contribution in [2.75, 3.05) is 26.7 Å². The fourth-order valence-corrected chi connectivity index (χ4v) is 5.50. The van der Waals surface area contributed by atoms with Gasteiger partial charge in [0, 0.05) is 32.1 Å². The van der Waals surface area contributed by atoms with Gasteiger partial charge in [-0.05, 0) is 63.1 Å². The first-order valence-electron chi connectivity index (χ1n) is 10.3. The number of hydrogen-bond acceptors (Lipinski definition) is 5. The van der Waals surface area contributed by atoms with Gasteiger partial charge in [0.1, 0.15) is 5.76 Å². The molecule has 7 nitrogen and oxygen atoms in total. The van der Waals surface area contributed by atoms with Crippen LogP contribution in [0.15, 0.2) is 45.9 Å². The zero-order chi connectivity index (χ0) is 21.7. The minimum Gasteiger partial charge on any atom is -0.469 e. The second kappa shape index (κ2) is 9.76. The third kappa shape index (κ3) is 5.93. The van der Waals surface area contributed by atoms with E-state index in [-0.39, 0.29) is 17.9 Å². The van der Waals surface area contributed by atoms with Crippen LogP contribution in [0, 0.1) is 19.8 Å². The Morgan fingerprint density at radius 3 is 2.73 bits per heavy atom. The van der Waals surface area contributed by atoms with E-state index in [2.05, 4.69) is 10.0 Å². The third-order valence-electron chi connectivity index (χ3n) is 5.50. The molecular weight excluding hydrogens is 402 g/mol. The summed E-state index contributed by atoms with van der Waals surface area (Å²) in [6.45, 7) is 5.38. The fourth-order valence-electron chi connectivity index (χ4n) is 3.91. The molecule has 1 aliphatic heterocycles. The van der Waals surface area contributed by atoms with Gasteiger partial charge in [-0.25, -0.2) is 13.1 Å². The topological polar surface area (TPSA) is 91.6 Å². The summed E-state index contributed by atoms with van der Waals surface area (Å²) in [6, 6.07) is 8.91. The average molecular weight is 434 g/mol. The van der Waals surface area contributed by atoms with Crippen molar-refractivity contribution in [3.8, 4) is 0 Å². The molecule has 0 aliphatic carbocycles. The largest absolute Gasteiger partial charge is 0.469 e. The van der Waals surface area contributed by atoms with Gasteiger partial charge < -0.3 is 14.6 Å². The number of hydrogen-bond donors (Lipinski definition) is 2. The van der Waals surface area contributed by atoms with E-state index in [9.17, 15) is 13.2 Å². The van der Waals surface area contributed by atoms with Crippen molar-refractivity contribution in [1.82, 2.24) is 14.9 Å². The predicted molar refractivity (Wildman–Crippen MR) is 116 cm³/mol. The van der Waals surface area contributed by atoms with Gasteiger partial charge in [-0.1, -0.05) is 12.1 Å². The minimum atomic E-state index is -3.62. The average Bonchev–Trinajstić information content (AvgIpc) is 3.12. The quantitative estimate of drug-likeness (QED) is 0.699. The number of nitrogens with zero attached hydrogens (tertiary/aromatic N) is 1. The van der Waals surface area contributed by atoms with Crippen LogP contribution < -0.4 is 10.0 Å². The van der Waals surface area contributed by atoms with Crippen LogP contribution in [0.4, 0.5) is 0 Å². The lowest BCUT2D eigenvalue weighted by Crippen LogP contribution is -2.42. The molecule has 30 heavy (non-hydrogen) atoms. The molecule has 0 saturated carbocycles. The van der Waals surface area contributed by atoms with Gasteiger partial charge in [-0.15, -0.1) is 0 Å². The monoisotopic (exact) mass is 433 g/mol. The van der Waals surface area contributed by atoms with Gasteiger partial charge >= 0.3 is 0 Å². The maximum atomic E-state index is 12.9. The number of carbonyl (C=O) groups is 1. The van der Waals surface area contributed by atoms with E-state index >= 15 is 0 Å². The molecule has 0 radical (unpaired) electrons. The van der Waals surface area contributed by atoms with Crippen molar-refractivity contribution in [3.63, 3.8) is 0 Å². The highest BCUT2D eigenvalue weighted by Gasteiger charge is 2.29. The summed E-state index contributed by atoms with van der Waals surface area (Å²) in [5.74, 6) is 0.683. The smallest absolute Gasteiger partial charge is 0.241 e. The van der Waals surface area contributed by atoms with Crippen molar-refractivity contribution in [1.29, 1.82) is 0 Å². The summed E-state index contributed by atoms with van der Waals surface area (Å²) in [4.78, 5) is 15.0. The van der Waals surface area contributed by atoms with Crippen molar-refractivity contribution in [3.05, 3.63) is 53.5 Å². The predicted octanol–water partition coefficient (Wildman–Crippen LogP) is 2.24. The Hall–Kier alpha value is -2.16. The van der Waals surface area contributed by atoms with E-state index in [1.807, 2.05) is 43.1 Å². The van der Waals surface area contributed by atoms with Gasteiger partial charge in [0.05, 0.1) is 17.1 Å². The lowest BCUT2D eigenvalue weighted by atomic mass is 10.0. The molecule has 1 fully saturated rings. The molecule has 8 heteroatoms. The Kier molecular flexibility index (Phi) is 7.33. The molecule has 3 rings (SSSR count). The summed E-state index contributed by atoms with van der Waals surface area (Å²) >= 11 is 0. The molecule has 0 spiro atoms. The Morgan fingerprint density at radius 2 is 2.00 bits per heavy atom. The molecule has 2 atom stereocenters. The zero-order valence-corrected chi connectivity index (χ0v) is 18.7. The summed E-state index contributed by atoms with van der Waals surface area (Å²) < 4.78 is 34.0. The highest BCUT2D eigenvalue weighted by molar-refractivity contribution is 7.89. The number of likely N-dealkylation sites (N-methyl/N-ethyl adjacent to an activating group) is 1. The normalized spacial score (nSPS) is 20.6. The van der Waals surface area contributed by atoms with Crippen LogP contribution in [0.1, 0.15) is 29.7 Å². The molecule has 164 valence electrons. The van der Waals surface area contributed by atoms with Crippen molar-refractivity contribution in [2.24, 2.45) is 5.92 Å². The van der Waals surface area contributed by atoms with Gasteiger partial charge in [0.25, 0.3) is 0 Å². The summed E-state index contributed by atoms with van der Waals surface area (Å²) in [5.41, 5.74) is 1.63. The van der Waals surface area contributed by atoms with Crippen LogP contribution in [-0.2, 0) is 21.2 Å². The van der Waals surface area contributed by atoms with Gasteiger partial charge in [-0.2, -0.15) is 0 Å². The molecule has 2 aromatic rings. The van der Waals surface area contributed by atoms with E-state index in [1.165, 1.54) is 0 Å². The Labute approximate surface area is 178 Å². The van der Waals surface area contributed by atoms with Gasteiger partial charge in [0.2, 0.25) is 15.9 Å². The Morgan fingerprint density at radius 1 is 1.20 bits per heavy atom. The number of sulfonamides is 1. The number of likely N-dealkylation sites (tertiary alicyclic amines) is 1. The molecule has 1 aromatic carbocycles. The number of benzene rings is 1. The van der Waals surface area contributed by atoms with Crippen molar-refractivity contribution in [2.45, 2.75) is 44.0 Å². The molecular formula is C22H31N3O4S. The molecule has 2 heterocycles. The van der Waals surface area contributed by atoms with Crippen LogP contribution in [0.5, 0.6) is 0 Å². The second-order valence-corrected chi connectivity index (χ2v) is 9.89. The van der Waals surface area contributed by atoms with E-state index in [4.69, 9.17) is 4.42 Å². The first kappa shape index (κ1) is 22.5. The number of nitrogens with one attached hydrogen (secondary N) is 2. The van der Waals surface area contributed by atoms with E-state index < -0.39 is 10.0 Å². The highest BCUT2D eigenvalue weighted by atomic mass is 32.2. The molecule has 0 bridgehead atoms. The van der Waals surface area contributed by atoms with Crippen LogP contribution in [0.2, 0.25) is 0 Å². The number of aryl methyl sites for hydroxylation is 2. The summed E-state index contributed by atoms with van der Waals surface area (Å²) in [6.07, 6.45) is 3.53. The first-order chi connectivity index (χ1) is 14.2. The maximum Gasteiger partial charge on any atom is 0.241 e. The van der Waals surface area contributed by atoms with Crippen LogP contribution in [0.3, 0.4) is 0 Å². The summed E-state index contributed by atoms with van der Waals surface area (Å²) in [7, 11) is -1.69. The molecule has 1 amide bonds. The third-order valence-corrected chi connectivity index (χ3v) is 7.17. The standard InChI is InChI=1S/C22H31N3O4S/c1-16-6-7-17(2)21(13-16)30(27,28)24-19-9-8-18(14-25(3)15-19)22(26)23-11-10-20-5-4-12-29-20/h4-7,12-13,18-19,24H,8-11,14-15H2,1-3H3,(H,23,26)/t18-,19+/m1/s1. The molecule has 1 saturated heterocycles. The number of rotatable bonds is 7. The summed E-state index contributed by atoms with van der Waals surface area (Å²) in [5, 5.41) is 2.98. The molecule has 1 aliphatic rings. The SMILES string of the molecule is Cc1ccc(C)c(S(=O)(=O)N[C@H]2CC[C@@H](C(=O)NCCc3ccco3)CN(C)C2)c1. The highest BCUT2D eigenvalue weighted by Crippen LogP contribution is 2.21. The molecule has 1 aromatic heterocycles. The van der Waals surface area contributed by atoms with E-state index in [1.54, 1.807) is 19.3 Å². The zero-order valence-electron chi connectivity index (χ0n) is 17.8. The lowest BCUT2D eigenvalue weighted by Gasteiger charge is -2.22. The van der Waals surface area contributed by atoms with E-state index in [0.29, 0.717) is 43.8 Å². The minimum absolute atomic E-state index is 0.00596. The number of furan rings is 1. The second-order valence-electron chi connectivity index (χ2n) is 8.20. The van der Waals surface area contributed by atoms with Crippen molar-refractivity contribution < 1.29 is 17.6 Å². The molecule has 2 N–H and O–H groups in total. The van der Waals surface area contributed by atoms with Gasteiger partial charge in [0.15, 0.2) is 0 Å². The Balaban J connectivity index is 1.57. The van der Waals surface area contributed by atoms with Crippen molar-refractivity contribution >= 4 is 15.9 Å². The van der Waals surface area contributed by atoms with Crippen LogP contribution in [-0.4, -0.2) is 51.9 Å². The van der Waals surface area contributed by atoms with Gasteiger partial charge in [-0.3, -0.25) is 4.79 Å².